The van der Waals surface area contributed by atoms with Crippen LogP contribution in [0.4, 0.5) is 0 Å². The third-order valence-corrected chi connectivity index (χ3v) is 2.30. The zero-order valence-corrected chi connectivity index (χ0v) is 8.03. The predicted molar refractivity (Wildman–Crippen MR) is 61.7 cm³/mol. The first kappa shape index (κ1) is 6.46. The first-order valence-corrected chi connectivity index (χ1v) is 4.81. The van der Waals surface area contributed by atoms with Crippen molar-refractivity contribution in [1.29, 1.82) is 0 Å². The molecule has 0 atom stereocenters. The molecule has 3 aromatic rings. The van der Waals surface area contributed by atoms with Gasteiger partial charge in [-0.2, -0.15) is 0 Å². The van der Waals surface area contributed by atoms with Crippen LogP contribution in [-0.4, -0.2) is 0 Å². The first-order valence-electron chi connectivity index (χ1n) is 5.81. The molecule has 0 amide bonds. The standard InChI is InChI=1S/C14H10O/c1-2-6-11(7-3-1)14-10-12-8-4-5-9-13(12)15-14/h1-10H/i6D,10D. The van der Waals surface area contributed by atoms with E-state index in [-0.39, 0.29) is 0 Å². The molecule has 0 spiro atoms. The molecule has 0 aliphatic heterocycles. The van der Waals surface area contributed by atoms with Gasteiger partial charge in [-0.15, -0.1) is 0 Å². The Morgan fingerprint density at radius 1 is 0.933 bits per heavy atom. The highest BCUT2D eigenvalue weighted by Gasteiger charge is 2.03. The van der Waals surface area contributed by atoms with Gasteiger partial charge < -0.3 is 4.42 Å². The van der Waals surface area contributed by atoms with Gasteiger partial charge in [0.15, 0.2) is 0 Å². The van der Waals surface area contributed by atoms with E-state index in [0.717, 1.165) is 5.39 Å². The lowest BCUT2D eigenvalue weighted by molar-refractivity contribution is 0.631. The van der Waals surface area contributed by atoms with Crippen LogP contribution in [0.1, 0.15) is 2.74 Å². The summed E-state index contributed by atoms with van der Waals surface area (Å²) in [4.78, 5) is 0. The van der Waals surface area contributed by atoms with Crippen LogP contribution in [0.3, 0.4) is 0 Å². The van der Waals surface area contributed by atoms with Gasteiger partial charge in [-0.3, -0.25) is 0 Å². The molecule has 0 aliphatic rings. The normalized spacial score (nSPS) is 12.5. The number of rotatable bonds is 1. The topological polar surface area (TPSA) is 13.1 Å². The molecule has 1 heterocycles. The van der Waals surface area contributed by atoms with Crippen LogP contribution in [0.5, 0.6) is 0 Å². The van der Waals surface area contributed by atoms with Gasteiger partial charge in [-0.05, 0) is 12.1 Å². The Morgan fingerprint density at radius 2 is 1.80 bits per heavy atom. The van der Waals surface area contributed by atoms with Gasteiger partial charge in [-0.1, -0.05) is 48.5 Å². The molecular weight excluding hydrogens is 184 g/mol. The van der Waals surface area contributed by atoms with Crippen molar-refractivity contribution in [3.05, 3.63) is 60.6 Å². The zero-order valence-electron chi connectivity index (χ0n) is 10.0. The maximum Gasteiger partial charge on any atom is 0.135 e. The highest BCUT2D eigenvalue weighted by Crippen LogP contribution is 2.27. The second-order valence-electron chi connectivity index (χ2n) is 3.33. The van der Waals surface area contributed by atoms with Crippen LogP contribution < -0.4 is 0 Å². The van der Waals surface area contributed by atoms with E-state index in [9.17, 15) is 0 Å². The van der Waals surface area contributed by atoms with Crippen LogP contribution >= 0.6 is 0 Å². The summed E-state index contributed by atoms with van der Waals surface area (Å²) >= 11 is 0. The van der Waals surface area contributed by atoms with Gasteiger partial charge in [0.05, 0.1) is 2.74 Å². The molecular formula is C14H10O. The fourth-order valence-electron chi connectivity index (χ4n) is 1.57. The maximum atomic E-state index is 8.08. The van der Waals surface area contributed by atoms with Crippen molar-refractivity contribution in [3.63, 3.8) is 0 Å². The molecule has 1 heteroatoms. The Labute approximate surface area is 90.8 Å². The fourth-order valence-corrected chi connectivity index (χ4v) is 1.57. The van der Waals surface area contributed by atoms with Gasteiger partial charge in [0.2, 0.25) is 0 Å². The highest BCUT2D eigenvalue weighted by atomic mass is 16.3. The summed E-state index contributed by atoms with van der Waals surface area (Å²) in [6, 6.07) is 15.3. The molecule has 0 fully saturated rings. The van der Waals surface area contributed by atoms with Crippen LogP contribution in [0, 0.1) is 0 Å². The largest absolute Gasteiger partial charge is 0.456 e. The lowest BCUT2D eigenvalue weighted by Crippen LogP contribution is -1.69. The fraction of sp³-hybridized carbons (Fsp3) is 0. The molecule has 15 heavy (non-hydrogen) atoms. The molecule has 0 saturated heterocycles. The molecule has 1 nitrogen and oxygen atoms in total. The van der Waals surface area contributed by atoms with Crippen LogP contribution in [0.25, 0.3) is 22.3 Å². The van der Waals surface area contributed by atoms with E-state index in [2.05, 4.69) is 0 Å². The summed E-state index contributed by atoms with van der Waals surface area (Å²) in [6.07, 6.45) is 0. The Balaban J connectivity index is 2.32. The summed E-state index contributed by atoms with van der Waals surface area (Å²) in [5, 5.41) is 0.783. The minimum absolute atomic E-state index is 0.348. The second kappa shape index (κ2) is 3.28. The van der Waals surface area contributed by atoms with Gasteiger partial charge >= 0.3 is 0 Å². The number of furan rings is 1. The molecule has 0 bridgehead atoms. The van der Waals surface area contributed by atoms with Crippen molar-refractivity contribution in [2.45, 2.75) is 0 Å². The smallest absolute Gasteiger partial charge is 0.135 e. The van der Waals surface area contributed by atoms with Gasteiger partial charge in [0, 0.05) is 10.9 Å². The average molecular weight is 196 g/mol. The Bertz CT molecular complexity index is 686. The van der Waals surface area contributed by atoms with E-state index < -0.39 is 0 Å². The number of fused-ring (bicyclic) bond motifs is 1. The molecule has 1 aromatic heterocycles. The second-order valence-corrected chi connectivity index (χ2v) is 3.33. The molecule has 0 unspecified atom stereocenters. The van der Waals surface area contributed by atoms with Gasteiger partial charge in [0.1, 0.15) is 11.3 Å². The van der Waals surface area contributed by atoms with Crippen molar-refractivity contribution >= 4 is 11.0 Å². The van der Waals surface area contributed by atoms with Crippen molar-refractivity contribution in [2.24, 2.45) is 0 Å². The number of hydrogen-bond donors (Lipinski definition) is 0. The maximum absolute atomic E-state index is 8.08. The summed E-state index contributed by atoms with van der Waals surface area (Å²) in [5.74, 6) is 0.469. The van der Waals surface area contributed by atoms with E-state index in [1.54, 1.807) is 18.2 Å². The molecule has 3 rings (SSSR count). The Morgan fingerprint density at radius 3 is 2.67 bits per heavy atom. The summed E-state index contributed by atoms with van der Waals surface area (Å²) < 4.78 is 21.6. The highest BCUT2D eigenvalue weighted by molar-refractivity contribution is 5.82. The van der Waals surface area contributed by atoms with E-state index in [0.29, 0.717) is 29.0 Å². The Kier molecular flexibility index (Phi) is 1.41. The monoisotopic (exact) mass is 196 g/mol. The lowest BCUT2D eigenvalue weighted by atomic mass is 10.1. The predicted octanol–water partition coefficient (Wildman–Crippen LogP) is 4.10. The third-order valence-electron chi connectivity index (χ3n) is 2.30. The molecule has 2 aromatic carbocycles. The van der Waals surface area contributed by atoms with Gasteiger partial charge in [-0.25, -0.2) is 0 Å². The summed E-state index contributed by atoms with van der Waals surface area (Å²) in [7, 11) is 0. The Hall–Kier alpha value is -2.02. The van der Waals surface area contributed by atoms with Crippen molar-refractivity contribution in [2.75, 3.05) is 0 Å². The molecule has 0 radical (unpaired) electrons. The quantitative estimate of drug-likeness (QED) is 0.571. The zero-order chi connectivity index (χ0) is 11.8. The van der Waals surface area contributed by atoms with Crippen LogP contribution in [0.15, 0.2) is 65.0 Å². The summed E-state index contributed by atoms with van der Waals surface area (Å²) in [5.41, 5.74) is 1.35. The van der Waals surface area contributed by atoms with E-state index >= 15 is 0 Å². The molecule has 72 valence electrons. The van der Waals surface area contributed by atoms with Crippen molar-refractivity contribution in [3.8, 4) is 11.3 Å². The number of benzene rings is 2. The molecule has 0 aliphatic carbocycles. The van der Waals surface area contributed by atoms with Crippen molar-refractivity contribution in [1.82, 2.24) is 0 Å². The van der Waals surface area contributed by atoms with Crippen molar-refractivity contribution < 1.29 is 7.16 Å². The third kappa shape index (κ3) is 1.42. The summed E-state index contributed by atoms with van der Waals surface area (Å²) in [6.45, 7) is 0. The van der Waals surface area contributed by atoms with Gasteiger partial charge in [0.25, 0.3) is 0 Å². The minimum atomic E-state index is 0.348. The van der Waals surface area contributed by atoms with Crippen LogP contribution in [-0.2, 0) is 0 Å². The number of hydrogen-bond acceptors (Lipinski definition) is 1. The van der Waals surface area contributed by atoms with E-state index in [1.165, 1.54) is 0 Å². The average Bonchev–Trinajstić information content (AvgIpc) is 2.68. The lowest BCUT2D eigenvalue weighted by Gasteiger charge is -1.93. The van der Waals surface area contributed by atoms with E-state index in [1.807, 2.05) is 30.3 Å². The van der Waals surface area contributed by atoms with E-state index in [4.69, 9.17) is 7.16 Å². The molecule has 0 saturated carbocycles. The molecule has 0 N–H and O–H groups in total. The minimum Gasteiger partial charge on any atom is -0.456 e. The SMILES string of the molecule is [2H]c1ccccc1-c1oc2ccccc2c1[2H]. The number of para-hydroxylation sites is 1. The van der Waals surface area contributed by atoms with Crippen LogP contribution in [0.2, 0.25) is 0 Å². The first-order chi connectivity index (χ1) is 8.27.